The van der Waals surface area contributed by atoms with Crippen LogP contribution in [0, 0.1) is 5.82 Å². The molecule has 3 aliphatic heterocycles. The highest BCUT2D eigenvalue weighted by Crippen LogP contribution is 2.51. The van der Waals surface area contributed by atoms with Crippen LogP contribution in [0.4, 0.5) is 36.4 Å². The van der Waals surface area contributed by atoms with Gasteiger partial charge in [-0.15, -0.1) is 0 Å². The topological polar surface area (TPSA) is 90.5 Å². The molecule has 5 rings (SSSR count). The number of rotatable bonds is 5. The number of morpholine rings is 1. The molecule has 7 nitrogen and oxygen atoms in total. The van der Waals surface area contributed by atoms with E-state index >= 15 is 0 Å². The third kappa shape index (κ3) is 4.63. The number of sulfonamides is 1. The minimum atomic E-state index is -6.12. The molecule has 0 aromatic heterocycles. The maximum Gasteiger partial charge on any atom is 0.430 e. The third-order valence-electron chi connectivity index (χ3n) is 7.26. The van der Waals surface area contributed by atoms with E-state index in [0.717, 1.165) is 34.6 Å². The largest absolute Gasteiger partial charge is 0.430 e. The van der Waals surface area contributed by atoms with Crippen LogP contribution in [-0.4, -0.2) is 68.0 Å². The Labute approximate surface area is 217 Å². The Hall–Kier alpha value is -2.91. The summed E-state index contributed by atoms with van der Waals surface area (Å²) in [5, 5.41) is 9.83. The smallest absolute Gasteiger partial charge is 0.369 e. The van der Waals surface area contributed by atoms with Gasteiger partial charge in [0, 0.05) is 25.1 Å². The van der Waals surface area contributed by atoms with Crippen molar-refractivity contribution in [3.8, 4) is 0 Å². The summed E-state index contributed by atoms with van der Waals surface area (Å²) in [5.41, 5.74) is -7.16. The lowest BCUT2D eigenvalue weighted by Gasteiger charge is -2.39. The molecule has 3 heterocycles. The second-order valence-electron chi connectivity index (χ2n) is 9.71. The normalized spacial score (nSPS) is 23.4. The van der Waals surface area contributed by atoms with Crippen LogP contribution in [0.1, 0.15) is 24.0 Å². The van der Waals surface area contributed by atoms with Crippen molar-refractivity contribution in [3.63, 3.8) is 0 Å². The highest BCUT2D eigenvalue weighted by molar-refractivity contribution is 7.92. The lowest BCUT2D eigenvalue weighted by atomic mass is 9.87. The summed E-state index contributed by atoms with van der Waals surface area (Å²) in [6.45, 7) is 0.655. The molecule has 0 saturated carbocycles. The molecule has 2 saturated heterocycles. The highest BCUT2D eigenvalue weighted by Gasteiger charge is 2.71. The van der Waals surface area contributed by atoms with E-state index in [1.54, 1.807) is 0 Å². The van der Waals surface area contributed by atoms with Gasteiger partial charge in [0.2, 0.25) is 5.91 Å². The number of aryl methyl sites for hydroxylation is 1. The van der Waals surface area contributed by atoms with Gasteiger partial charge >= 0.3 is 12.4 Å². The first-order chi connectivity index (χ1) is 18.0. The number of hydrogen-bond acceptors (Lipinski definition) is 5. The molecular weight excluding hydrogens is 561 g/mol. The van der Waals surface area contributed by atoms with Crippen LogP contribution in [0.2, 0.25) is 0 Å². The molecule has 212 valence electrons. The molecule has 0 radical (unpaired) electrons. The van der Waals surface area contributed by atoms with Crippen LogP contribution in [0.25, 0.3) is 0 Å². The average Bonchev–Trinajstić information content (AvgIpc) is 3.46. The van der Waals surface area contributed by atoms with Gasteiger partial charge in [0.15, 0.2) is 0 Å². The van der Waals surface area contributed by atoms with E-state index in [-0.39, 0.29) is 42.7 Å². The van der Waals surface area contributed by atoms with E-state index in [4.69, 9.17) is 4.74 Å². The van der Waals surface area contributed by atoms with Crippen LogP contribution in [0.5, 0.6) is 0 Å². The Kier molecular flexibility index (Phi) is 6.42. The molecule has 3 aliphatic rings. The molecule has 0 bridgehead atoms. The highest BCUT2D eigenvalue weighted by atomic mass is 32.2. The Morgan fingerprint density at radius 2 is 1.56 bits per heavy atom. The van der Waals surface area contributed by atoms with Crippen molar-refractivity contribution in [2.24, 2.45) is 0 Å². The van der Waals surface area contributed by atoms with E-state index in [9.17, 15) is 49.1 Å². The number of ether oxygens (including phenoxy) is 1. The molecule has 15 heteroatoms. The molecule has 0 spiro atoms. The molecule has 0 aliphatic carbocycles. The fraction of sp³-hybridized carbons (Fsp3) is 0.458. The number of halogens is 7. The first-order valence-electron chi connectivity index (χ1n) is 11.8. The SMILES string of the molecule is O=C(C[C@@H]1CCc2cc(C(O)(C(F)(F)F)C(F)(F)F)ccc2N1S(=O)(=O)c1ccc(F)cc1)N1CC2OC2C1. The molecule has 3 atom stereocenters. The zero-order valence-electron chi connectivity index (χ0n) is 19.8. The fourth-order valence-electron chi connectivity index (χ4n) is 5.12. The second kappa shape index (κ2) is 9.06. The number of nitrogens with zero attached hydrogens (tertiary/aromatic N) is 2. The van der Waals surface area contributed by atoms with Gasteiger partial charge in [0.25, 0.3) is 15.6 Å². The van der Waals surface area contributed by atoms with Gasteiger partial charge < -0.3 is 14.7 Å². The summed E-state index contributed by atoms with van der Waals surface area (Å²) >= 11 is 0. The van der Waals surface area contributed by atoms with Crippen molar-refractivity contribution in [3.05, 3.63) is 59.4 Å². The maximum absolute atomic E-state index is 13.7. The number of alkyl halides is 6. The lowest BCUT2D eigenvalue weighted by molar-refractivity contribution is -0.376. The van der Waals surface area contributed by atoms with E-state index in [0.29, 0.717) is 25.2 Å². The van der Waals surface area contributed by atoms with Crippen molar-refractivity contribution < 1.29 is 53.8 Å². The number of carbonyl (C=O) groups excluding carboxylic acids is 1. The van der Waals surface area contributed by atoms with Crippen molar-refractivity contribution >= 4 is 21.6 Å². The number of anilines is 1. The molecule has 39 heavy (non-hydrogen) atoms. The number of aliphatic hydroxyl groups is 1. The van der Waals surface area contributed by atoms with Crippen LogP contribution in [-0.2, 0) is 31.6 Å². The van der Waals surface area contributed by atoms with Gasteiger partial charge in [-0.05, 0) is 48.7 Å². The standard InChI is InChI=1S/C24H21F7N2O5S/c25-15-3-6-17(7-4-15)39(36,37)33-16(10-21(34)32-11-19-20(12-32)38-19)5-1-13-9-14(2-8-18(13)33)22(35,23(26,27)28)24(29,30)31/h2-4,6-9,16,19-20,35H,1,5,10-12H2/t16-,19?,20?/m0/s1. The van der Waals surface area contributed by atoms with Gasteiger partial charge in [0.1, 0.15) is 18.0 Å². The van der Waals surface area contributed by atoms with E-state index in [2.05, 4.69) is 0 Å². The van der Waals surface area contributed by atoms with Crippen LogP contribution in [0.3, 0.4) is 0 Å². The van der Waals surface area contributed by atoms with Crippen LogP contribution < -0.4 is 4.31 Å². The van der Waals surface area contributed by atoms with Gasteiger partial charge in [-0.3, -0.25) is 9.10 Å². The summed E-state index contributed by atoms with van der Waals surface area (Å²) in [4.78, 5) is 14.1. The molecule has 2 fully saturated rings. The number of fused-ring (bicyclic) bond motifs is 2. The van der Waals surface area contributed by atoms with Gasteiger partial charge in [-0.25, -0.2) is 12.8 Å². The van der Waals surface area contributed by atoms with Gasteiger partial charge in [-0.2, -0.15) is 26.3 Å². The summed E-state index contributed by atoms with van der Waals surface area (Å²) < 4.78 is 128. The molecule has 2 unspecified atom stereocenters. The Balaban J connectivity index is 1.56. The minimum absolute atomic E-state index is 0.0838. The fourth-order valence-corrected chi connectivity index (χ4v) is 6.84. The number of benzene rings is 2. The van der Waals surface area contributed by atoms with E-state index in [1.165, 1.54) is 4.90 Å². The quantitative estimate of drug-likeness (QED) is 0.430. The van der Waals surface area contributed by atoms with Gasteiger partial charge in [0.05, 0.1) is 16.6 Å². The van der Waals surface area contributed by atoms with Crippen molar-refractivity contribution in [2.45, 2.75) is 60.4 Å². The monoisotopic (exact) mass is 582 g/mol. The van der Waals surface area contributed by atoms with E-state index < -0.39 is 56.2 Å². The molecule has 1 amide bonds. The number of epoxide rings is 1. The minimum Gasteiger partial charge on any atom is -0.369 e. The van der Waals surface area contributed by atoms with Crippen LogP contribution >= 0.6 is 0 Å². The lowest BCUT2D eigenvalue weighted by Crippen LogP contribution is -2.54. The summed E-state index contributed by atoms with van der Waals surface area (Å²) in [5.74, 6) is -1.13. The van der Waals surface area contributed by atoms with Crippen molar-refractivity contribution in [1.29, 1.82) is 0 Å². The molecule has 1 N–H and O–H groups in total. The maximum atomic E-state index is 13.7. The Morgan fingerprint density at radius 3 is 2.13 bits per heavy atom. The average molecular weight is 582 g/mol. The molecule has 2 aromatic rings. The van der Waals surface area contributed by atoms with Crippen LogP contribution in [0.15, 0.2) is 47.4 Å². The number of hydrogen-bond donors (Lipinski definition) is 1. The second-order valence-corrected chi connectivity index (χ2v) is 11.5. The number of carbonyl (C=O) groups is 1. The Morgan fingerprint density at radius 1 is 0.974 bits per heavy atom. The van der Waals surface area contributed by atoms with Crippen molar-refractivity contribution in [1.82, 2.24) is 4.90 Å². The summed E-state index contributed by atoms with van der Waals surface area (Å²) in [6.07, 6.45) is -13.0. The molecule has 2 aromatic carbocycles. The predicted molar refractivity (Wildman–Crippen MR) is 120 cm³/mol. The number of amides is 1. The van der Waals surface area contributed by atoms with Gasteiger partial charge in [-0.1, -0.05) is 12.1 Å². The van der Waals surface area contributed by atoms with E-state index in [1.807, 2.05) is 0 Å². The summed E-state index contributed by atoms with van der Waals surface area (Å²) in [6, 6.07) is 4.24. The zero-order chi connectivity index (χ0) is 28.5. The first-order valence-corrected chi connectivity index (χ1v) is 13.2. The molecular formula is C24H21F7N2O5S. The summed E-state index contributed by atoms with van der Waals surface area (Å²) in [7, 11) is -4.55. The third-order valence-corrected chi connectivity index (χ3v) is 9.14. The predicted octanol–water partition coefficient (Wildman–Crippen LogP) is 3.65. The first kappa shape index (κ1) is 27.6. The Bertz CT molecular complexity index is 1370. The number of likely N-dealkylation sites (tertiary alicyclic amines) is 1. The zero-order valence-corrected chi connectivity index (χ0v) is 20.7. The van der Waals surface area contributed by atoms with Crippen molar-refractivity contribution in [2.75, 3.05) is 17.4 Å².